The number of rotatable bonds is 7. The maximum atomic E-state index is 9.77. The first kappa shape index (κ1) is 22.8. The quantitative estimate of drug-likeness (QED) is 0.679. The van der Waals surface area contributed by atoms with Crippen molar-refractivity contribution in [2.45, 2.75) is 44.9 Å². The fraction of sp³-hybridized carbons (Fsp3) is 0.435. The molecule has 1 aliphatic heterocycles. The van der Waals surface area contributed by atoms with Crippen LogP contribution in [0.25, 0.3) is 0 Å². The molecule has 0 radical (unpaired) electrons. The summed E-state index contributed by atoms with van der Waals surface area (Å²) in [5, 5.41) is 13.0. The Labute approximate surface area is 184 Å². The van der Waals surface area contributed by atoms with Crippen molar-refractivity contribution in [3.8, 4) is 23.3 Å². The standard InChI is InChI=1S/C23H29BN2O5/c1-22(2)23(3,4)31-24(30-22)16-8-10-17(11-9-16)26-18(14-25)15-12-19(27-5)21(29-7)20(13-15)28-6/h8-13,18,26H,1-7H3. The molecule has 7 nitrogen and oxygen atoms in total. The minimum Gasteiger partial charge on any atom is -0.493 e. The van der Waals surface area contributed by atoms with Gasteiger partial charge in [0.1, 0.15) is 6.04 Å². The van der Waals surface area contributed by atoms with Crippen LogP contribution in [0.2, 0.25) is 0 Å². The van der Waals surface area contributed by atoms with Crippen molar-refractivity contribution in [1.82, 2.24) is 0 Å². The van der Waals surface area contributed by atoms with Crippen LogP contribution in [0, 0.1) is 11.3 Å². The molecule has 1 aliphatic rings. The molecule has 0 aliphatic carbocycles. The van der Waals surface area contributed by atoms with Gasteiger partial charge in [0.05, 0.1) is 38.6 Å². The molecule has 1 fully saturated rings. The van der Waals surface area contributed by atoms with E-state index in [0.717, 1.165) is 11.2 Å². The topological polar surface area (TPSA) is 82.0 Å². The summed E-state index contributed by atoms with van der Waals surface area (Å²) in [4.78, 5) is 0. The van der Waals surface area contributed by atoms with Gasteiger partial charge >= 0.3 is 7.12 Å². The summed E-state index contributed by atoms with van der Waals surface area (Å²) in [6.45, 7) is 8.10. The van der Waals surface area contributed by atoms with E-state index in [1.54, 1.807) is 33.5 Å². The normalized spacial score (nSPS) is 17.5. The first-order valence-corrected chi connectivity index (χ1v) is 10.1. The third kappa shape index (κ3) is 4.43. The van der Waals surface area contributed by atoms with Crippen LogP contribution in [0.15, 0.2) is 36.4 Å². The Bertz CT molecular complexity index is 928. The zero-order valence-electron chi connectivity index (χ0n) is 19.1. The Morgan fingerprint density at radius 3 is 1.84 bits per heavy atom. The Balaban J connectivity index is 1.80. The second kappa shape index (κ2) is 8.70. The number of benzene rings is 2. The molecule has 2 aromatic carbocycles. The van der Waals surface area contributed by atoms with Gasteiger partial charge in [0.25, 0.3) is 0 Å². The van der Waals surface area contributed by atoms with Crippen molar-refractivity contribution in [1.29, 1.82) is 5.26 Å². The Morgan fingerprint density at radius 2 is 1.42 bits per heavy atom. The lowest BCUT2D eigenvalue weighted by Crippen LogP contribution is -2.41. The smallest absolute Gasteiger partial charge is 0.493 e. The third-order valence-corrected chi connectivity index (χ3v) is 5.90. The molecule has 31 heavy (non-hydrogen) atoms. The Kier molecular flexibility index (Phi) is 6.39. The Morgan fingerprint density at radius 1 is 0.903 bits per heavy atom. The van der Waals surface area contributed by atoms with Crippen molar-refractivity contribution >= 4 is 18.3 Å². The number of hydrogen-bond donors (Lipinski definition) is 1. The molecule has 1 atom stereocenters. The van der Waals surface area contributed by atoms with E-state index in [1.165, 1.54) is 0 Å². The molecule has 1 saturated heterocycles. The zero-order valence-corrected chi connectivity index (χ0v) is 19.1. The van der Waals surface area contributed by atoms with Crippen LogP contribution in [0.3, 0.4) is 0 Å². The molecule has 0 spiro atoms. The van der Waals surface area contributed by atoms with Crippen LogP contribution >= 0.6 is 0 Å². The first-order valence-electron chi connectivity index (χ1n) is 10.1. The van der Waals surface area contributed by atoms with Gasteiger partial charge in [0.2, 0.25) is 5.75 Å². The highest BCUT2D eigenvalue weighted by atomic mass is 16.7. The fourth-order valence-corrected chi connectivity index (χ4v) is 3.34. The summed E-state index contributed by atoms with van der Waals surface area (Å²) in [5.41, 5.74) is 1.62. The van der Waals surface area contributed by atoms with E-state index >= 15 is 0 Å². The monoisotopic (exact) mass is 424 g/mol. The molecular weight excluding hydrogens is 395 g/mol. The number of ether oxygens (including phenoxy) is 3. The van der Waals surface area contributed by atoms with E-state index in [-0.39, 0.29) is 0 Å². The molecule has 0 bridgehead atoms. The van der Waals surface area contributed by atoms with Gasteiger partial charge < -0.3 is 28.8 Å². The number of nitrogens with one attached hydrogen (secondary N) is 1. The van der Waals surface area contributed by atoms with Crippen LogP contribution < -0.4 is 25.0 Å². The summed E-state index contributed by atoms with van der Waals surface area (Å²) < 4.78 is 28.4. The maximum Gasteiger partial charge on any atom is 0.494 e. The highest BCUT2D eigenvalue weighted by Crippen LogP contribution is 2.40. The average molecular weight is 424 g/mol. The maximum absolute atomic E-state index is 9.77. The summed E-state index contributed by atoms with van der Waals surface area (Å²) >= 11 is 0. The van der Waals surface area contributed by atoms with Gasteiger partial charge in [0.15, 0.2) is 11.5 Å². The van der Waals surface area contributed by atoms with Gasteiger partial charge in [-0.1, -0.05) is 12.1 Å². The number of hydrogen-bond acceptors (Lipinski definition) is 7. The molecule has 8 heteroatoms. The van der Waals surface area contributed by atoms with Crippen molar-refractivity contribution in [3.05, 3.63) is 42.0 Å². The molecule has 164 valence electrons. The first-order chi connectivity index (χ1) is 14.7. The van der Waals surface area contributed by atoms with Gasteiger partial charge in [-0.25, -0.2) is 0 Å². The number of anilines is 1. The average Bonchev–Trinajstić information content (AvgIpc) is 2.98. The number of nitrogens with zero attached hydrogens (tertiary/aromatic N) is 1. The molecule has 0 amide bonds. The van der Waals surface area contributed by atoms with Crippen molar-refractivity contribution in [3.63, 3.8) is 0 Å². The molecule has 1 N–H and O–H groups in total. The molecule has 2 aromatic rings. The van der Waals surface area contributed by atoms with E-state index in [0.29, 0.717) is 22.8 Å². The van der Waals surface area contributed by atoms with Crippen molar-refractivity contribution < 1.29 is 23.5 Å². The Hall–Kier alpha value is -2.89. The number of nitriles is 1. The molecule has 1 unspecified atom stereocenters. The molecular formula is C23H29BN2O5. The lowest BCUT2D eigenvalue weighted by Gasteiger charge is -2.32. The number of methoxy groups -OCH3 is 3. The predicted molar refractivity (Wildman–Crippen MR) is 120 cm³/mol. The van der Waals surface area contributed by atoms with E-state index in [2.05, 4.69) is 11.4 Å². The highest BCUT2D eigenvalue weighted by molar-refractivity contribution is 6.62. The largest absolute Gasteiger partial charge is 0.494 e. The summed E-state index contributed by atoms with van der Waals surface area (Å²) in [6, 6.07) is 12.9. The van der Waals surface area contributed by atoms with Gasteiger partial charge in [-0.2, -0.15) is 5.26 Å². The lowest BCUT2D eigenvalue weighted by atomic mass is 9.79. The van der Waals surface area contributed by atoms with E-state index in [9.17, 15) is 5.26 Å². The molecule has 0 saturated carbocycles. The van der Waals surface area contributed by atoms with Crippen molar-refractivity contribution in [2.75, 3.05) is 26.6 Å². The van der Waals surface area contributed by atoms with Crippen LogP contribution in [0.5, 0.6) is 17.2 Å². The van der Waals surface area contributed by atoms with E-state index in [1.807, 2.05) is 52.0 Å². The summed E-state index contributed by atoms with van der Waals surface area (Å²) in [7, 11) is 4.21. The molecule has 3 rings (SSSR count). The van der Waals surface area contributed by atoms with Gasteiger partial charge in [-0.05, 0) is 63.0 Å². The van der Waals surface area contributed by atoms with Crippen LogP contribution in [0.1, 0.15) is 39.3 Å². The minimum atomic E-state index is -0.614. The van der Waals surface area contributed by atoms with E-state index < -0.39 is 24.4 Å². The van der Waals surface area contributed by atoms with Crippen LogP contribution in [-0.4, -0.2) is 39.6 Å². The lowest BCUT2D eigenvalue weighted by molar-refractivity contribution is 0.00578. The second-order valence-electron chi connectivity index (χ2n) is 8.38. The van der Waals surface area contributed by atoms with Gasteiger partial charge in [-0.3, -0.25) is 0 Å². The van der Waals surface area contributed by atoms with Crippen LogP contribution in [-0.2, 0) is 9.31 Å². The van der Waals surface area contributed by atoms with Crippen molar-refractivity contribution in [2.24, 2.45) is 0 Å². The van der Waals surface area contributed by atoms with Gasteiger partial charge in [0, 0.05) is 5.69 Å². The summed E-state index contributed by atoms with van der Waals surface area (Å²) in [6.07, 6.45) is 0. The van der Waals surface area contributed by atoms with Crippen LogP contribution in [0.4, 0.5) is 5.69 Å². The SMILES string of the molecule is COc1cc(C(C#N)Nc2ccc(B3OC(C)(C)C(C)(C)O3)cc2)cc(OC)c1OC. The minimum absolute atomic E-state index is 0.396. The molecule has 1 heterocycles. The predicted octanol–water partition coefficient (Wildman–Crippen LogP) is 3.69. The van der Waals surface area contributed by atoms with Gasteiger partial charge in [-0.15, -0.1) is 0 Å². The third-order valence-electron chi connectivity index (χ3n) is 5.90. The second-order valence-corrected chi connectivity index (χ2v) is 8.38. The highest BCUT2D eigenvalue weighted by Gasteiger charge is 2.51. The summed E-state index contributed by atoms with van der Waals surface area (Å²) in [5.74, 6) is 1.47. The zero-order chi connectivity index (χ0) is 22.8. The molecule has 0 aromatic heterocycles. The van der Waals surface area contributed by atoms with E-state index in [4.69, 9.17) is 23.5 Å². The fourth-order valence-electron chi connectivity index (χ4n) is 3.34.